The third kappa shape index (κ3) is 3.13. The van der Waals surface area contributed by atoms with Crippen molar-refractivity contribution in [2.75, 3.05) is 5.32 Å². The van der Waals surface area contributed by atoms with E-state index in [-0.39, 0.29) is 0 Å². The van der Waals surface area contributed by atoms with E-state index in [2.05, 4.69) is 74.6 Å². The van der Waals surface area contributed by atoms with E-state index in [4.69, 9.17) is 0 Å². The molecular formula is C17H21N. The summed E-state index contributed by atoms with van der Waals surface area (Å²) < 4.78 is 0. The van der Waals surface area contributed by atoms with Crippen molar-refractivity contribution in [3.8, 4) is 0 Å². The normalized spacial score (nSPS) is 12.2. The lowest BCUT2D eigenvalue weighted by atomic mass is 10.0. The first-order valence-corrected chi connectivity index (χ1v) is 6.59. The van der Waals surface area contributed by atoms with E-state index < -0.39 is 0 Å². The van der Waals surface area contributed by atoms with E-state index in [1.54, 1.807) is 0 Å². The Labute approximate surface area is 110 Å². The molecule has 1 atom stereocenters. The van der Waals surface area contributed by atoms with Gasteiger partial charge in [-0.25, -0.2) is 0 Å². The number of anilines is 1. The molecule has 94 valence electrons. The fraction of sp³-hybridized carbons (Fsp3) is 0.294. The van der Waals surface area contributed by atoms with Gasteiger partial charge in [0.2, 0.25) is 0 Å². The summed E-state index contributed by atoms with van der Waals surface area (Å²) >= 11 is 0. The Morgan fingerprint density at radius 3 is 2.11 bits per heavy atom. The van der Waals surface area contributed by atoms with Crippen molar-refractivity contribution < 1.29 is 0 Å². The van der Waals surface area contributed by atoms with Crippen LogP contribution >= 0.6 is 0 Å². The van der Waals surface area contributed by atoms with Crippen LogP contribution in [0.5, 0.6) is 0 Å². The van der Waals surface area contributed by atoms with E-state index in [1.165, 1.54) is 22.4 Å². The second kappa shape index (κ2) is 5.72. The van der Waals surface area contributed by atoms with Crippen molar-refractivity contribution in [1.82, 2.24) is 0 Å². The molecule has 0 amide bonds. The number of rotatable bonds is 4. The first-order chi connectivity index (χ1) is 8.69. The van der Waals surface area contributed by atoms with E-state index in [1.807, 2.05) is 0 Å². The Hall–Kier alpha value is -1.76. The molecule has 0 aliphatic rings. The average molecular weight is 239 g/mol. The molecule has 0 bridgehead atoms. The van der Waals surface area contributed by atoms with Gasteiger partial charge in [0.15, 0.2) is 0 Å². The largest absolute Gasteiger partial charge is 0.378 e. The Morgan fingerprint density at radius 1 is 0.944 bits per heavy atom. The zero-order chi connectivity index (χ0) is 13.0. The van der Waals surface area contributed by atoms with Gasteiger partial charge in [-0.1, -0.05) is 43.3 Å². The lowest BCUT2D eigenvalue weighted by molar-refractivity contribution is 0.749. The summed E-state index contributed by atoms with van der Waals surface area (Å²) in [5.41, 5.74) is 5.17. The molecule has 0 heterocycles. The van der Waals surface area contributed by atoms with Crippen LogP contribution in [0.3, 0.4) is 0 Å². The van der Waals surface area contributed by atoms with Crippen molar-refractivity contribution in [3.05, 3.63) is 65.2 Å². The lowest BCUT2D eigenvalue weighted by Crippen LogP contribution is -2.09. The van der Waals surface area contributed by atoms with Gasteiger partial charge in [0.1, 0.15) is 0 Å². The fourth-order valence-electron chi connectivity index (χ4n) is 2.37. The van der Waals surface area contributed by atoms with Gasteiger partial charge in [-0.3, -0.25) is 0 Å². The Kier molecular flexibility index (Phi) is 4.03. The van der Waals surface area contributed by atoms with E-state index in [0.717, 1.165) is 6.42 Å². The highest BCUT2D eigenvalue weighted by Gasteiger charge is 2.08. The molecule has 2 aromatic carbocycles. The average Bonchev–Trinajstić information content (AvgIpc) is 2.36. The van der Waals surface area contributed by atoms with Crippen LogP contribution in [-0.4, -0.2) is 0 Å². The molecule has 2 rings (SSSR count). The molecular weight excluding hydrogens is 218 g/mol. The minimum Gasteiger partial charge on any atom is -0.378 e. The summed E-state index contributed by atoms with van der Waals surface area (Å²) in [4.78, 5) is 0. The van der Waals surface area contributed by atoms with Gasteiger partial charge < -0.3 is 5.32 Å². The summed E-state index contributed by atoms with van der Waals surface area (Å²) in [6, 6.07) is 17.6. The second-order valence-electron chi connectivity index (χ2n) is 4.89. The molecule has 0 saturated heterocycles. The number of nitrogens with one attached hydrogen (secondary N) is 1. The molecule has 2 aromatic rings. The Balaban J connectivity index is 2.20. The second-order valence-corrected chi connectivity index (χ2v) is 4.89. The highest BCUT2D eigenvalue weighted by molar-refractivity contribution is 5.50. The zero-order valence-corrected chi connectivity index (χ0v) is 11.4. The van der Waals surface area contributed by atoms with Gasteiger partial charge in [-0.2, -0.15) is 0 Å². The summed E-state index contributed by atoms with van der Waals surface area (Å²) in [5, 5.41) is 3.63. The Bertz CT molecular complexity index is 482. The number of aryl methyl sites for hydroxylation is 2. The van der Waals surface area contributed by atoms with Crippen LogP contribution in [0.2, 0.25) is 0 Å². The van der Waals surface area contributed by atoms with Crippen LogP contribution in [0.15, 0.2) is 48.5 Å². The topological polar surface area (TPSA) is 12.0 Å². The molecule has 0 radical (unpaired) electrons. The van der Waals surface area contributed by atoms with E-state index in [9.17, 15) is 0 Å². The first-order valence-electron chi connectivity index (χ1n) is 6.59. The summed E-state index contributed by atoms with van der Waals surface area (Å²) in [6.07, 6.45) is 1.08. The maximum atomic E-state index is 3.63. The van der Waals surface area contributed by atoms with Crippen LogP contribution < -0.4 is 5.32 Å². The number of hydrogen-bond acceptors (Lipinski definition) is 1. The number of benzene rings is 2. The summed E-state index contributed by atoms with van der Waals surface area (Å²) in [6.45, 7) is 6.50. The van der Waals surface area contributed by atoms with Crippen LogP contribution in [0.25, 0.3) is 0 Å². The van der Waals surface area contributed by atoms with Crippen molar-refractivity contribution in [3.63, 3.8) is 0 Å². The van der Waals surface area contributed by atoms with Gasteiger partial charge >= 0.3 is 0 Å². The molecule has 0 saturated carbocycles. The van der Waals surface area contributed by atoms with Gasteiger partial charge in [-0.05, 0) is 49.1 Å². The van der Waals surface area contributed by atoms with Crippen LogP contribution in [0, 0.1) is 13.8 Å². The molecule has 1 unspecified atom stereocenters. The third-order valence-corrected chi connectivity index (χ3v) is 3.17. The maximum Gasteiger partial charge on any atom is 0.0511 e. The monoisotopic (exact) mass is 239 g/mol. The van der Waals surface area contributed by atoms with Crippen molar-refractivity contribution >= 4 is 5.69 Å². The molecule has 1 heteroatoms. The van der Waals surface area contributed by atoms with Gasteiger partial charge in [0, 0.05) is 5.69 Å². The fourth-order valence-corrected chi connectivity index (χ4v) is 2.37. The van der Waals surface area contributed by atoms with Crippen LogP contribution in [0.4, 0.5) is 5.69 Å². The molecule has 0 spiro atoms. The maximum absolute atomic E-state index is 3.63. The van der Waals surface area contributed by atoms with Gasteiger partial charge in [0.25, 0.3) is 0 Å². The van der Waals surface area contributed by atoms with Crippen LogP contribution in [-0.2, 0) is 0 Å². The van der Waals surface area contributed by atoms with Gasteiger partial charge in [-0.15, -0.1) is 0 Å². The van der Waals surface area contributed by atoms with Crippen molar-refractivity contribution in [2.24, 2.45) is 0 Å². The minimum atomic E-state index is 0.382. The molecule has 1 N–H and O–H groups in total. The van der Waals surface area contributed by atoms with Crippen LogP contribution in [0.1, 0.15) is 36.1 Å². The smallest absolute Gasteiger partial charge is 0.0511 e. The van der Waals surface area contributed by atoms with E-state index >= 15 is 0 Å². The van der Waals surface area contributed by atoms with E-state index in [0.29, 0.717) is 6.04 Å². The SMILES string of the molecule is CCC(Nc1cc(C)cc(C)c1)c1ccccc1. The molecule has 0 aromatic heterocycles. The Morgan fingerprint density at radius 2 is 1.56 bits per heavy atom. The third-order valence-electron chi connectivity index (χ3n) is 3.17. The zero-order valence-electron chi connectivity index (χ0n) is 11.4. The van der Waals surface area contributed by atoms with Crippen molar-refractivity contribution in [2.45, 2.75) is 33.2 Å². The highest BCUT2D eigenvalue weighted by atomic mass is 14.9. The predicted molar refractivity (Wildman–Crippen MR) is 79.0 cm³/mol. The molecule has 1 nitrogen and oxygen atoms in total. The standard InChI is InChI=1S/C17H21N/c1-4-17(15-8-6-5-7-9-15)18-16-11-13(2)10-14(3)12-16/h5-12,17-18H,4H2,1-3H3. The predicted octanol–water partition coefficient (Wildman–Crippen LogP) is 4.87. The summed E-state index contributed by atoms with van der Waals surface area (Å²) in [5.74, 6) is 0. The first kappa shape index (κ1) is 12.7. The minimum absolute atomic E-state index is 0.382. The number of hydrogen-bond donors (Lipinski definition) is 1. The molecule has 18 heavy (non-hydrogen) atoms. The molecule has 0 aliphatic heterocycles. The van der Waals surface area contributed by atoms with Crippen molar-refractivity contribution in [1.29, 1.82) is 0 Å². The molecule has 0 aliphatic carbocycles. The molecule has 0 fully saturated rings. The van der Waals surface area contributed by atoms with Gasteiger partial charge in [0.05, 0.1) is 6.04 Å². The summed E-state index contributed by atoms with van der Waals surface area (Å²) in [7, 11) is 0. The lowest BCUT2D eigenvalue weighted by Gasteiger charge is -2.19. The quantitative estimate of drug-likeness (QED) is 0.803. The highest BCUT2D eigenvalue weighted by Crippen LogP contribution is 2.23.